The summed E-state index contributed by atoms with van der Waals surface area (Å²) >= 11 is 0. The monoisotopic (exact) mass is 470 g/mol. The van der Waals surface area contributed by atoms with Crippen LogP contribution in [0.15, 0.2) is 27.4 Å². The lowest BCUT2D eigenvalue weighted by Gasteiger charge is -2.43. The van der Waals surface area contributed by atoms with Crippen LogP contribution < -0.4 is 15.1 Å². The van der Waals surface area contributed by atoms with Crippen LogP contribution in [0, 0.1) is 0 Å². The van der Waals surface area contributed by atoms with Crippen molar-refractivity contribution in [2.45, 2.75) is 62.7 Å². The molecule has 5 N–H and O–H groups in total. The zero-order valence-corrected chi connectivity index (χ0v) is 18.8. The summed E-state index contributed by atoms with van der Waals surface area (Å²) in [6.07, 6.45) is -8.52. The van der Waals surface area contributed by atoms with Crippen molar-refractivity contribution >= 4 is 11.0 Å². The van der Waals surface area contributed by atoms with Crippen LogP contribution in [0.3, 0.4) is 0 Å². The van der Waals surface area contributed by atoms with Crippen LogP contribution in [0.25, 0.3) is 11.0 Å². The Labute approximate surface area is 189 Å². The van der Waals surface area contributed by atoms with Crippen molar-refractivity contribution in [3.05, 3.63) is 34.2 Å². The molecule has 0 saturated carbocycles. The summed E-state index contributed by atoms with van der Waals surface area (Å²) in [6, 6.07) is 4.32. The van der Waals surface area contributed by atoms with E-state index in [9.17, 15) is 30.3 Å². The highest BCUT2D eigenvalue weighted by atomic mass is 16.7. The van der Waals surface area contributed by atoms with E-state index in [2.05, 4.69) is 0 Å². The molecule has 1 fully saturated rings. The summed E-state index contributed by atoms with van der Waals surface area (Å²) in [7, 11) is 2.86. The predicted octanol–water partition coefficient (Wildman–Crippen LogP) is -0.691. The summed E-state index contributed by atoms with van der Waals surface area (Å²) in [5.41, 5.74) is -1.12. The Morgan fingerprint density at radius 1 is 1.09 bits per heavy atom. The van der Waals surface area contributed by atoms with Gasteiger partial charge >= 0.3 is 5.63 Å². The smallest absolute Gasteiger partial charge is 0.336 e. The second-order valence-corrected chi connectivity index (χ2v) is 8.40. The molecule has 0 radical (unpaired) electrons. The van der Waals surface area contributed by atoms with E-state index in [4.69, 9.17) is 23.4 Å². The zero-order chi connectivity index (χ0) is 24.5. The van der Waals surface area contributed by atoms with Crippen molar-refractivity contribution in [3.63, 3.8) is 0 Å². The van der Waals surface area contributed by atoms with Crippen LogP contribution in [-0.4, -0.2) is 88.8 Å². The summed E-state index contributed by atoms with van der Waals surface area (Å²) in [5, 5.41) is 51.1. The SMILES string of the molecule is COc1cc2oc(=O)ccc2c(OC)c1C[C@@H](O)C(C)(C)O[C@@H]1O[C@H](CO)[C@@H](O)[C@H](O)[C@H]1O. The van der Waals surface area contributed by atoms with Crippen LogP contribution in [-0.2, 0) is 15.9 Å². The van der Waals surface area contributed by atoms with Crippen molar-refractivity contribution in [1.82, 2.24) is 0 Å². The van der Waals surface area contributed by atoms with E-state index in [-0.39, 0.29) is 12.0 Å². The first-order valence-corrected chi connectivity index (χ1v) is 10.4. The molecule has 11 nitrogen and oxygen atoms in total. The fraction of sp³-hybridized carbons (Fsp3) is 0.591. The molecule has 1 aromatic carbocycles. The lowest BCUT2D eigenvalue weighted by atomic mass is 9.92. The molecular weight excluding hydrogens is 440 g/mol. The molecule has 11 heteroatoms. The summed E-state index contributed by atoms with van der Waals surface area (Å²) < 4.78 is 27.3. The number of rotatable bonds is 8. The number of hydrogen-bond acceptors (Lipinski definition) is 11. The van der Waals surface area contributed by atoms with Crippen molar-refractivity contribution in [3.8, 4) is 11.5 Å². The van der Waals surface area contributed by atoms with Crippen LogP contribution >= 0.6 is 0 Å². The number of ether oxygens (including phenoxy) is 4. The lowest BCUT2D eigenvalue weighted by Crippen LogP contribution is -2.61. The first-order valence-electron chi connectivity index (χ1n) is 10.4. The maximum absolute atomic E-state index is 11.6. The topological polar surface area (TPSA) is 168 Å². The summed E-state index contributed by atoms with van der Waals surface area (Å²) in [5.74, 6) is 0.659. The maximum Gasteiger partial charge on any atom is 0.336 e. The highest BCUT2D eigenvalue weighted by Crippen LogP contribution is 2.39. The van der Waals surface area contributed by atoms with Gasteiger partial charge in [-0.2, -0.15) is 0 Å². The van der Waals surface area contributed by atoms with Crippen molar-refractivity contribution in [1.29, 1.82) is 0 Å². The van der Waals surface area contributed by atoms with Crippen LogP contribution in [0.4, 0.5) is 0 Å². The molecule has 0 aliphatic carbocycles. The Bertz CT molecular complexity index is 1020. The molecule has 0 amide bonds. The van der Waals surface area contributed by atoms with E-state index in [1.54, 1.807) is 19.9 Å². The third-order valence-corrected chi connectivity index (χ3v) is 5.83. The van der Waals surface area contributed by atoms with Gasteiger partial charge in [-0.15, -0.1) is 0 Å². The number of hydrogen-bond donors (Lipinski definition) is 5. The van der Waals surface area contributed by atoms with Gasteiger partial charge in [-0.05, 0) is 19.9 Å². The lowest BCUT2D eigenvalue weighted by molar-refractivity contribution is -0.331. The van der Waals surface area contributed by atoms with E-state index < -0.39 is 54.6 Å². The first kappa shape index (κ1) is 25.4. The van der Waals surface area contributed by atoms with Gasteiger partial charge in [0.05, 0.1) is 37.9 Å². The highest BCUT2D eigenvalue weighted by Gasteiger charge is 2.47. The van der Waals surface area contributed by atoms with Crippen molar-refractivity contribution < 1.29 is 48.9 Å². The molecule has 1 saturated heterocycles. The molecule has 3 rings (SSSR count). The first-order chi connectivity index (χ1) is 15.5. The highest BCUT2D eigenvalue weighted by molar-refractivity contribution is 5.87. The van der Waals surface area contributed by atoms with Crippen LogP contribution in [0.5, 0.6) is 11.5 Å². The van der Waals surface area contributed by atoms with Gasteiger partial charge in [0.1, 0.15) is 41.5 Å². The number of methoxy groups -OCH3 is 2. The van der Waals surface area contributed by atoms with Crippen molar-refractivity contribution in [2.24, 2.45) is 0 Å². The minimum Gasteiger partial charge on any atom is -0.496 e. The number of benzene rings is 1. The molecule has 1 aromatic heterocycles. The largest absolute Gasteiger partial charge is 0.496 e. The van der Waals surface area contributed by atoms with Crippen LogP contribution in [0.1, 0.15) is 19.4 Å². The zero-order valence-electron chi connectivity index (χ0n) is 18.8. The van der Waals surface area contributed by atoms with Gasteiger partial charge < -0.3 is 48.9 Å². The van der Waals surface area contributed by atoms with Gasteiger partial charge in [0.15, 0.2) is 6.29 Å². The second-order valence-electron chi connectivity index (χ2n) is 8.40. The minimum absolute atomic E-state index is 0.0220. The molecule has 33 heavy (non-hydrogen) atoms. The average molecular weight is 470 g/mol. The van der Waals surface area contributed by atoms with Gasteiger partial charge in [-0.1, -0.05) is 0 Å². The van der Waals surface area contributed by atoms with Gasteiger partial charge in [0.25, 0.3) is 0 Å². The molecule has 1 aliphatic heterocycles. The molecule has 184 valence electrons. The molecule has 0 unspecified atom stereocenters. The second kappa shape index (κ2) is 9.94. The molecule has 0 spiro atoms. The fourth-order valence-electron chi connectivity index (χ4n) is 3.80. The molecule has 2 aromatic rings. The third kappa shape index (κ3) is 4.99. The average Bonchev–Trinajstić information content (AvgIpc) is 2.78. The van der Waals surface area contributed by atoms with Gasteiger partial charge in [0.2, 0.25) is 0 Å². The fourth-order valence-corrected chi connectivity index (χ4v) is 3.80. The summed E-state index contributed by atoms with van der Waals surface area (Å²) in [4.78, 5) is 11.6. The molecular formula is C22H30O11. The molecule has 2 heterocycles. The van der Waals surface area contributed by atoms with E-state index in [1.165, 1.54) is 26.4 Å². The Morgan fingerprint density at radius 3 is 2.39 bits per heavy atom. The summed E-state index contributed by atoms with van der Waals surface area (Å²) in [6.45, 7) is 2.51. The Morgan fingerprint density at radius 2 is 1.79 bits per heavy atom. The van der Waals surface area contributed by atoms with E-state index >= 15 is 0 Å². The van der Waals surface area contributed by atoms with Gasteiger partial charge in [-0.3, -0.25) is 0 Å². The third-order valence-electron chi connectivity index (χ3n) is 5.83. The molecule has 1 aliphatic rings. The van der Waals surface area contributed by atoms with Crippen LogP contribution in [0.2, 0.25) is 0 Å². The number of fused-ring (bicyclic) bond motifs is 1. The van der Waals surface area contributed by atoms with E-state index in [1.807, 2.05) is 0 Å². The number of aliphatic hydroxyl groups is 5. The number of aliphatic hydroxyl groups excluding tert-OH is 5. The van der Waals surface area contributed by atoms with E-state index in [0.29, 0.717) is 22.4 Å². The van der Waals surface area contributed by atoms with E-state index in [0.717, 1.165) is 0 Å². The Kier molecular flexibility index (Phi) is 7.64. The minimum atomic E-state index is -1.61. The van der Waals surface area contributed by atoms with Crippen molar-refractivity contribution in [2.75, 3.05) is 20.8 Å². The quantitative estimate of drug-likeness (QED) is 0.310. The Balaban J connectivity index is 1.88. The standard InChI is InChI=1S/C22H30O11/c1-22(2,33-21-19(28)18(27)17(26)14(9-23)32-21)15(24)7-11-12(29-3)8-13-10(20(11)30-4)5-6-16(25)31-13/h5-6,8,14-15,17-19,21,23-24,26-28H,7,9H2,1-4H3/t14-,15-,17-,18+,19-,21+/m1/s1. The van der Waals surface area contributed by atoms with Gasteiger partial charge in [-0.25, -0.2) is 4.79 Å². The normalized spacial score (nSPS) is 26.9. The molecule has 0 bridgehead atoms. The van der Waals surface area contributed by atoms with Gasteiger partial charge in [0, 0.05) is 24.1 Å². The maximum atomic E-state index is 11.6. The molecule has 6 atom stereocenters. The predicted molar refractivity (Wildman–Crippen MR) is 114 cm³/mol. The Hall–Kier alpha value is -2.25.